The highest BCUT2D eigenvalue weighted by atomic mass is 79.9. The largest absolute Gasteiger partial charge is 0.384 e. The summed E-state index contributed by atoms with van der Waals surface area (Å²) in [5, 5.41) is 11.3. The summed E-state index contributed by atoms with van der Waals surface area (Å²) in [6, 6.07) is 13.7. The van der Waals surface area contributed by atoms with Gasteiger partial charge in [-0.2, -0.15) is 0 Å². The van der Waals surface area contributed by atoms with Gasteiger partial charge in [-0.25, -0.2) is 4.39 Å². The first-order valence-corrected chi connectivity index (χ1v) is 6.93. The molecule has 1 unspecified atom stereocenters. The molecular formula is C16H11BrFNO. The Hall–Kier alpha value is -1.78. The van der Waals surface area contributed by atoms with Crippen LogP contribution in [0.5, 0.6) is 0 Å². The molecule has 3 rings (SSSR count). The Morgan fingerprint density at radius 3 is 2.70 bits per heavy atom. The van der Waals surface area contributed by atoms with Crippen LogP contribution < -0.4 is 0 Å². The number of aliphatic hydroxyl groups is 1. The van der Waals surface area contributed by atoms with Gasteiger partial charge in [0.1, 0.15) is 11.9 Å². The molecule has 1 heterocycles. The Bertz CT molecular complexity index is 770. The normalized spacial score (nSPS) is 12.6. The van der Waals surface area contributed by atoms with E-state index in [-0.39, 0.29) is 5.56 Å². The number of pyridine rings is 1. The van der Waals surface area contributed by atoms with Crippen LogP contribution in [0.1, 0.15) is 17.2 Å². The van der Waals surface area contributed by atoms with Crippen LogP contribution in [-0.2, 0) is 0 Å². The molecule has 2 nitrogen and oxygen atoms in total. The highest BCUT2D eigenvalue weighted by Crippen LogP contribution is 2.30. The maximum absolute atomic E-state index is 13.9. The first kappa shape index (κ1) is 13.2. The van der Waals surface area contributed by atoms with E-state index in [0.717, 1.165) is 15.4 Å². The maximum Gasteiger partial charge on any atom is 0.129 e. The monoisotopic (exact) mass is 331 g/mol. The minimum absolute atomic E-state index is 0.246. The van der Waals surface area contributed by atoms with E-state index >= 15 is 0 Å². The Morgan fingerprint density at radius 1 is 1.05 bits per heavy atom. The lowest BCUT2D eigenvalue weighted by Crippen LogP contribution is -2.04. The van der Waals surface area contributed by atoms with Crippen LogP contribution in [0.25, 0.3) is 10.9 Å². The van der Waals surface area contributed by atoms with Crippen molar-refractivity contribution in [1.82, 2.24) is 4.98 Å². The highest BCUT2D eigenvalue weighted by Gasteiger charge is 2.17. The van der Waals surface area contributed by atoms with Crippen molar-refractivity contribution < 1.29 is 9.50 Å². The Balaban J connectivity index is 2.17. The van der Waals surface area contributed by atoms with E-state index in [9.17, 15) is 9.50 Å². The van der Waals surface area contributed by atoms with Crippen LogP contribution in [0.3, 0.4) is 0 Å². The maximum atomic E-state index is 13.9. The van der Waals surface area contributed by atoms with Gasteiger partial charge in [0.05, 0.1) is 5.52 Å². The summed E-state index contributed by atoms with van der Waals surface area (Å²) in [6.45, 7) is 0. The lowest BCUT2D eigenvalue weighted by molar-refractivity contribution is 0.216. The zero-order chi connectivity index (χ0) is 14.1. The molecule has 0 saturated carbocycles. The summed E-state index contributed by atoms with van der Waals surface area (Å²) < 4.78 is 14.6. The molecule has 0 aliphatic carbocycles. The van der Waals surface area contributed by atoms with Gasteiger partial charge in [0.15, 0.2) is 0 Å². The van der Waals surface area contributed by atoms with Crippen LogP contribution in [-0.4, -0.2) is 10.1 Å². The average Bonchev–Trinajstić information content (AvgIpc) is 2.48. The van der Waals surface area contributed by atoms with Gasteiger partial charge in [0.2, 0.25) is 0 Å². The third-order valence-corrected chi connectivity index (χ3v) is 3.72. The van der Waals surface area contributed by atoms with Crippen LogP contribution in [0.2, 0.25) is 0 Å². The molecule has 20 heavy (non-hydrogen) atoms. The highest BCUT2D eigenvalue weighted by molar-refractivity contribution is 9.10. The number of hydrogen-bond acceptors (Lipinski definition) is 2. The molecule has 0 radical (unpaired) electrons. The predicted molar refractivity (Wildman–Crippen MR) is 79.9 cm³/mol. The summed E-state index contributed by atoms with van der Waals surface area (Å²) in [6.07, 6.45) is 0.594. The molecule has 1 N–H and O–H groups in total. The van der Waals surface area contributed by atoms with Gasteiger partial charge in [-0.1, -0.05) is 34.1 Å². The fourth-order valence-corrected chi connectivity index (χ4v) is 2.63. The number of fused-ring (bicyclic) bond motifs is 1. The van der Waals surface area contributed by atoms with Crippen molar-refractivity contribution in [3.05, 3.63) is 76.1 Å². The Morgan fingerprint density at radius 2 is 1.85 bits per heavy atom. The number of para-hydroxylation sites is 1. The molecule has 0 amide bonds. The standard InChI is InChI=1S/C16H11BrFNO/c17-10-5-6-14(18)13(9-10)16(20)12-7-8-19-15-4-2-1-3-11(12)15/h1-9,16,20H. The van der Waals surface area contributed by atoms with Crippen LogP contribution in [0.4, 0.5) is 4.39 Å². The molecule has 0 spiro atoms. The molecule has 2 aromatic carbocycles. The second-order valence-corrected chi connectivity index (χ2v) is 5.40. The van der Waals surface area contributed by atoms with Crippen LogP contribution in [0.15, 0.2) is 59.2 Å². The minimum Gasteiger partial charge on any atom is -0.384 e. The molecule has 0 aliphatic heterocycles. The molecule has 100 valence electrons. The molecule has 0 bridgehead atoms. The van der Waals surface area contributed by atoms with Crippen molar-refractivity contribution in [2.75, 3.05) is 0 Å². The van der Waals surface area contributed by atoms with Gasteiger partial charge in [0.25, 0.3) is 0 Å². The van der Waals surface area contributed by atoms with Crippen molar-refractivity contribution in [2.45, 2.75) is 6.10 Å². The van der Waals surface area contributed by atoms with E-state index < -0.39 is 11.9 Å². The summed E-state index contributed by atoms with van der Waals surface area (Å²) in [7, 11) is 0. The first-order valence-electron chi connectivity index (χ1n) is 6.13. The van der Waals surface area contributed by atoms with Crippen molar-refractivity contribution in [1.29, 1.82) is 0 Å². The van der Waals surface area contributed by atoms with Crippen LogP contribution in [0, 0.1) is 5.82 Å². The van der Waals surface area contributed by atoms with Gasteiger partial charge in [-0.15, -0.1) is 0 Å². The van der Waals surface area contributed by atoms with E-state index in [4.69, 9.17) is 0 Å². The van der Waals surface area contributed by atoms with Gasteiger partial charge < -0.3 is 5.11 Å². The molecule has 3 aromatic rings. The zero-order valence-electron chi connectivity index (χ0n) is 10.4. The van der Waals surface area contributed by atoms with Gasteiger partial charge in [-0.3, -0.25) is 4.98 Å². The van der Waals surface area contributed by atoms with E-state index in [1.165, 1.54) is 6.07 Å². The number of rotatable bonds is 2. The number of halogens is 2. The third-order valence-electron chi connectivity index (χ3n) is 3.23. The summed E-state index contributed by atoms with van der Waals surface area (Å²) in [5.74, 6) is -0.429. The fourth-order valence-electron chi connectivity index (χ4n) is 2.25. The van der Waals surface area contributed by atoms with Crippen molar-refractivity contribution in [2.24, 2.45) is 0 Å². The first-order chi connectivity index (χ1) is 9.66. The second kappa shape index (κ2) is 5.31. The molecule has 0 saturated heterocycles. The number of hydrogen-bond donors (Lipinski definition) is 1. The minimum atomic E-state index is -1.03. The van der Waals surface area contributed by atoms with Crippen molar-refractivity contribution >= 4 is 26.8 Å². The molecule has 1 atom stereocenters. The number of aromatic nitrogens is 1. The Labute approximate surface area is 124 Å². The smallest absolute Gasteiger partial charge is 0.129 e. The fraction of sp³-hybridized carbons (Fsp3) is 0.0625. The third kappa shape index (κ3) is 2.32. The average molecular weight is 332 g/mol. The number of aliphatic hydroxyl groups excluding tert-OH is 1. The number of nitrogens with zero attached hydrogens (tertiary/aromatic N) is 1. The predicted octanol–water partition coefficient (Wildman–Crippen LogP) is 4.22. The molecular weight excluding hydrogens is 321 g/mol. The van der Waals surface area contributed by atoms with Gasteiger partial charge in [-0.05, 0) is 35.9 Å². The van der Waals surface area contributed by atoms with E-state index in [0.29, 0.717) is 5.56 Å². The van der Waals surface area contributed by atoms with Crippen LogP contribution >= 0.6 is 15.9 Å². The topological polar surface area (TPSA) is 33.1 Å². The summed E-state index contributed by atoms with van der Waals surface area (Å²) >= 11 is 3.30. The van der Waals surface area contributed by atoms with Gasteiger partial charge >= 0.3 is 0 Å². The van der Waals surface area contributed by atoms with E-state index in [1.807, 2.05) is 24.3 Å². The lowest BCUT2D eigenvalue weighted by atomic mass is 9.98. The SMILES string of the molecule is OC(c1cc(Br)ccc1F)c1ccnc2ccccc12. The van der Waals surface area contributed by atoms with Crippen molar-refractivity contribution in [3.63, 3.8) is 0 Å². The van der Waals surface area contributed by atoms with Gasteiger partial charge in [0, 0.05) is 21.6 Å². The van der Waals surface area contributed by atoms with E-state index in [1.54, 1.807) is 24.4 Å². The molecule has 0 aliphatic rings. The molecule has 4 heteroatoms. The molecule has 0 fully saturated rings. The van der Waals surface area contributed by atoms with E-state index in [2.05, 4.69) is 20.9 Å². The lowest BCUT2D eigenvalue weighted by Gasteiger charge is -2.15. The zero-order valence-corrected chi connectivity index (χ0v) is 12.0. The molecule has 1 aromatic heterocycles. The Kier molecular flexibility index (Phi) is 3.51. The summed E-state index contributed by atoms with van der Waals surface area (Å²) in [5.41, 5.74) is 1.67. The second-order valence-electron chi connectivity index (χ2n) is 4.49. The summed E-state index contributed by atoms with van der Waals surface area (Å²) in [4.78, 5) is 4.24. The number of benzene rings is 2. The quantitative estimate of drug-likeness (QED) is 0.762. The van der Waals surface area contributed by atoms with Crippen molar-refractivity contribution in [3.8, 4) is 0 Å².